The molecule has 12 heteroatoms. The number of carbonyl (C=O) groups excluding carboxylic acids is 4. The topological polar surface area (TPSA) is 188 Å². The molecule has 7 N–H and O–H groups in total. The molecule has 180 valence electrons. The van der Waals surface area contributed by atoms with Crippen LogP contribution in [0.4, 0.5) is 5.69 Å². The minimum atomic E-state index is -1.55. The Morgan fingerprint density at radius 3 is 2.24 bits per heavy atom. The third-order valence-electron chi connectivity index (χ3n) is 4.57. The largest absolute Gasteiger partial charge is 0.480 e. The third-order valence-corrected chi connectivity index (χ3v) is 4.89. The van der Waals surface area contributed by atoms with Gasteiger partial charge in [-0.1, -0.05) is 23.7 Å². The number of aryl methyl sites for hydroxylation is 1. The minimum absolute atomic E-state index is 0.0183. The standard InChI is InChI=1S/C22H23ClN4O7/c1-11-3-2-4-13(7-11)25-21(32)17(10-28)27-19(30)12-5-6-14(15(23)8-12)20(31)26-16(22(33)34)9-18(24)29/h2-8,16-17,28H,9-10H2,1H3,(H2,24,29)(H,25,32)(H,26,31)(H,27,30)(H,33,34)/t16-,17+/m0/s1. The van der Waals surface area contributed by atoms with Crippen LogP contribution >= 0.6 is 11.6 Å². The van der Waals surface area contributed by atoms with E-state index in [-0.39, 0.29) is 16.1 Å². The van der Waals surface area contributed by atoms with Crippen molar-refractivity contribution in [2.45, 2.75) is 25.4 Å². The highest BCUT2D eigenvalue weighted by molar-refractivity contribution is 6.34. The van der Waals surface area contributed by atoms with Gasteiger partial charge in [-0.25, -0.2) is 4.79 Å². The first-order valence-corrected chi connectivity index (χ1v) is 10.3. The van der Waals surface area contributed by atoms with E-state index >= 15 is 0 Å². The van der Waals surface area contributed by atoms with Crippen LogP contribution in [-0.4, -0.2) is 58.5 Å². The van der Waals surface area contributed by atoms with Gasteiger partial charge in [0.25, 0.3) is 11.8 Å². The number of carboxylic acid groups (broad SMARTS) is 1. The van der Waals surface area contributed by atoms with E-state index in [1.807, 2.05) is 13.0 Å². The molecule has 34 heavy (non-hydrogen) atoms. The fourth-order valence-electron chi connectivity index (χ4n) is 2.87. The Hall–Kier alpha value is -3.96. The number of carboxylic acids is 1. The summed E-state index contributed by atoms with van der Waals surface area (Å²) >= 11 is 6.08. The van der Waals surface area contributed by atoms with Crippen molar-refractivity contribution in [3.63, 3.8) is 0 Å². The lowest BCUT2D eigenvalue weighted by Crippen LogP contribution is -2.46. The summed E-state index contributed by atoms with van der Waals surface area (Å²) in [4.78, 5) is 59.5. The van der Waals surface area contributed by atoms with E-state index in [1.54, 1.807) is 18.2 Å². The van der Waals surface area contributed by atoms with Gasteiger partial charge < -0.3 is 31.9 Å². The summed E-state index contributed by atoms with van der Waals surface area (Å²) in [6.45, 7) is 1.17. The van der Waals surface area contributed by atoms with Crippen LogP contribution in [-0.2, 0) is 14.4 Å². The van der Waals surface area contributed by atoms with E-state index in [9.17, 15) is 29.1 Å². The summed E-state index contributed by atoms with van der Waals surface area (Å²) in [6, 6.07) is 7.68. The summed E-state index contributed by atoms with van der Waals surface area (Å²) in [7, 11) is 0. The number of primary amides is 1. The lowest BCUT2D eigenvalue weighted by atomic mass is 10.1. The van der Waals surface area contributed by atoms with Crippen molar-refractivity contribution in [3.05, 3.63) is 64.2 Å². The molecule has 0 spiro atoms. The first-order valence-electron chi connectivity index (χ1n) is 9.92. The van der Waals surface area contributed by atoms with Crippen LogP contribution in [0.1, 0.15) is 32.7 Å². The number of rotatable bonds is 10. The van der Waals surface area contributed by atoms with E-state index in [0.29, 0.717) is 5.69 Å². The van der Waals surface area contributed by atoms with E-state index in [1.165, 1.54) is 12.1 Å². The summed E-state index contributed by atoms with van der Waals surface area (Å²) in [6.07, 6.45) is -0.619. The zero-order chi connectivity index (χ0) is 25.4. The van der Waals surface area contributed by atoms with Crippen molar-refractivity contribution >= 4 is 46.9 Å². The predicted molar refractivity (Wildman–Crippen MR) is 122 cm³/mol. The Kier molecular flexibility index (Phi) is 9.10. The Morgan fingerprint density at radius 2 is 1.68 bits per heavy atom. The predicted octanol–water partition coefficient (Wildman–Crippen LogP) is 0.436. The summed E-state index contributed by atoms with van der Waals surface area (Å²) in [5.74, 6) is -4.66. The molecule has 2 aromatic rings. The van der Waals surface area contributed by atoms with Gasteiger partial charge in [0.1, 0.15) is 12.1 Å². The van der Waals surface area contributed by atoms with Gasteiger partial charge in [0.2, 0.25) is 11.8 Å². The average molecular weight is 491 g/mol. The second-order valence-corrected chi connectivity index (χ2v) is 7.70. The second kappa shape index (κ2) is 11.8. The van der Waals surface area contributed by atoms with Crippen LogP contribution in [0.3, 0.4) is 0 Å². The van der Waals surface area contributed by atoms with Crippen molar-refractivity contribution in [1.82, 2.24) is 10.6 Å². The molecule has 4 amide bonds. The van der Waals surface area contributed by atoms with Crippen molar-refractivity contribution in [2.24, 2.45) is 5.73 Å². The maximum Gasteiger partial charge on any atom is 0.326 e. The van der Waals surface area contributed by atoms with Crippen LogP contribution < -0.4 is 21.7 Å². The van der Waals surface area contributed by atoms with Crippen LogP contribution in [0, 0.1) is 6.92 Å². The molecule has 11 nitrogen and oxygen atoms in total. The first-order chi connectivity index (χ1) is 16.0. The number of aliphatic hydroxyl groups is 1. The number of anilines is 1. The Morgan fingerprint density at radius 1 is 1.00 bits per heavy atom. The fourth-order valence-corrected chi connectivity index (χ4v) is 3.13. The number of hydrogen-bond donors (Lipinski definition) is 6. The molecule has 0 saturated carbocycles. The molecular formula is C22H23ClN4O7. The maximum absolute atomic E-state index is 12.6. The summed E-state index contributed by atoms with van der Waals surface area (Å²) in [5.41, 5.74) is 6.21. The molecule has 0 aliphatic rings. The zero-order valence-corrected chi connectivity index (χ0v) is 18.8. The molecule has 0 saturated heterocycles. The van der Waals surface area contributed by atoms with Crippen molar-refractivity contribution in [3.8, 4) is 0 Å². The lowest BCUT2D eigenvalue weighted by molar-refractivity contribution is -0.140. The molecule has 0 heterocycles. The van der Waals surface area contributed by atoms with Gasteiger partial charge in [-0.15, -0.1) is 0 Å². The SMILES string of the molecule is Cc1cccc(NC(=O)[C@@H](CO)NC(=O)c2ccc(C(=O)N[C@@H](CC(N)=O)C(=O)O)c(Cl)c2)c1. The fraction of sp³-hybridized carbons (Fsp3) is 0.227. The lowest BCUT2D eigenvalue weighted by Gasteiger charge is -2.17. The van der Waals surface area contributed by atoms with E-state index < -0.39 is 54.7 Å². The highest BCUT2D eigenvalue weighted by Gasteiger charge is 2.25. The van der Waals surface area contributed by atoms with Gasteiger partial charge in [0, 0.05) is 11.3 Å². The molecule has 0 aliphatic carbocycles. The molecule has 0 aliphatic heterocycles. The molecule has 2 rings (SSSR count). The van der Waals surface area contributed by atoms with Crippen LogP contribution in [0.5, 0.6) is 0 Å². The van der Waals surface area contributed by atoms with Crippen molar-refractivity contribution < 1.29 is 34.2 Å². The highest BCUT2D eigenvalue weighted by atomic mass is 35.5. The second-order valence-electron chi connectivity index (χ2n) is 7.30. The van der Waals surface area contributed by atoms with Crippen molar-refractivity contribution in [2.75, 3.05) is 11.9 Å². The number of carbonyl (C=O) groups is 5. The number of nitrogens with two attached hydrogens (primary N) is 1. The van der Waals surface area contributed by atoms with Crippen LogP contribution in [0.2, 0.25) is 5.02 Å². The monoisotopic (exact) mass is 490 g/mol. The Balaban J connectivity index is 2.09. The number of nitrogens with one attached hydrogen (secondary N) is 3. The summed E-state index contributed by atoms with van der Waals surface area (Å²) < 4.78 is 0. The van der Waals surface area contributed by atoms with Gasteiger partial charge in [0.05, 0.1) is 23.6 Å². The van der Waals surface area contributed by atoms with E-state index in [0.717, 1.165) is 11.6 Å². The number of benzene rings is 2. The van der Waals surface area contributed by atoms with Gasteiger partial charge >= 0.3 is 5.97 Å². The molecule has 0 radical (unpaired) electrons. The molecule has 0 fully saturated rings. The molecule has 2 aromatic carbocycles. The van der Waals surface area contributed by atoms with Gasteiger partial charge in [-0.2, -0.15) is 0 Å². The first kappa shape index (κ1) is 26.3. The number of aliphatic carboxylic acids is 1. The molecular weight excluding hydrogens is 468 g/mol. The molecule has 0 unspecified atom stereocenters. The van der Waals surface area contributed by atoms with Gasteiger partial charge in [-0.3, -0.25) is 19.2 Å². The van der Waals surface area contributed by atoms with Gasteiger partial charge in [-0.05, 0) is 42.8 Å². The van der Waals surface area contributed by atoms with E-state index in [4.69, 9.17) is 22.4 Å². The van der Waals surface area contributed by atoms with Crippen LogP contribution in [0.15, 0.2) is 42.5 Å². The third kappa shape index (κ3) is 7.29. The van der Waals surface area contributed by atoms with Gasteiger partial charge in [0.15, 0.2) is 0 Å². The maximum atomic E-state index is 12.6. The number of hydrogen-bond acceptors (Lipinski definition) is 6. The van der Waals surface area contributed by atoms with E-state index in [2.05, 4.69) is 16.0 Å². The quantitative estimate of drug-likeness (QED) is 0.278. The van der Waals surface area contributed by atoms with Crippen molar-refractivity contribution in [1.29, 1.82) is 0 Å². The average Bonchev–Trinajstić information content (AvgIpc) is 2.76. The zero-order valence-electron chi connectivity index (χ0n) is 18.0. The Labute approximate surface area is 199 Å². The molecule has 0 aromatic heterocycles. The van der Waals surface area contributed by atoms with Crippen LogP contribution in [0.25, 0.3) is 0 Å². The molecule has 2 atom stereocenters. The Bertz CT molecular complexity index is 1120. The number of halogens is 1. The minimum Gasteiger partial charge on any atom is -0.480 e. The normalized spacial score (nSPS) is 12.2. The highest BCUT2D eigenvalue weighted by Crippen LogP contribution is 2.19. The number of amides is 4. The number of aliphatic hydroxyl groups excluding tert-OH is 1. The smallest absolute Gasteiger partial charge is 0.326 e. The summed E-state index contributed by atoms with van der Waals surface area (Å²) in [5, 5.41) is 25.6. The molecule has 0 bridgehead atoms.